The highest BCUT2D eigenvalue weighted by Gasteiger charge is 2.14. The largest absolute Gasteiger partial charge is 0.492 e. The fourth-order valence-electron chi connectivity index (χ4n) is 2.39. The van der Waals surface area contributed by atoms with Crippen molar-refractivity contribution in [1.29, 1.82) is 0 Å². The summed E-state index contributed by atoms with van der Waals surface area (Å²) in [6.07, 6.45) is 1.57. The second-order valence-corrected chi connectivity index (χ2v) is 5.91. The third-order valence-electron chi connectivity index (χ3n) is 3.65. The first-order chi connectivity index (χ1) is 12.6. The maximum Gasteiger partial charge on any atom is 0.340 e. The summed E-state index contributed by atoms with van der Waals surface area (Å²) in [5, 5.41) is 4.01. The minimum atomic E-state index is -0.546. The van der Waals surface area contributed by atoms with Crippen molar-refractivity contribution in [2.24, 2.45) is 0 Å². The zero-order valence-corrected chi connectivity index (χ0v) is 14.6. The average Bonchev–Trinajstić information content (AvgIpc) is 3.09. The molecular formula is C19H17ClN2O4. The van der Waals surface area contributed by atoms with E-state index in [2.05, 4.69) is 10.3 Å². The van der Waals surface area contributed by atoms with Crippen molar-refractivity contribution in [2.75, 3.05) is 19.8 Å². The molecule has 0 atom stereocenters. The summed E-state index contributed by atoms with van der Waals surface area (Å²) in [6, 6.07) is 14.3. The molecule has 0 saturated carbocycles. The lowest BCUT2D eigenvalue weighted by Gasteiger charge is -2.08. The van der Waals surface area contributed by atoms with Gasteiger partial charge in [-0.05, 0) is 30.3 Å². The van der Waals surface area contributed by atoms with E-state index in [9.17, 15) is 9.59 Å². The Hall–Kier alpha value is -2.99. The minimum absolute atomic E-state index is 0.295. The number of H-pyrrole nitrogens is 1. The molecule has 7 heteroatoms. The molecule has 0 aliphatic rings. The SMILES string of the molecule is O=C(COC(=O)c1c[nH]c2ccccc12)NCCOc1ccc(Cl)cc1. The number of carbonyl (C=O) groups excluding carboxylic acids is 2. The van der Waals surface area contributed by atoms with Crippen molar-refractivity contribution in [3.05, 3.63) is 65.3 Å². The Morgan fingerprint density at radius 3 is 2.65 bits per heavy atom. The molecule has 0 aliphatic carbocycles. The smallest absolute Gasteiger partial charge is 0.340 e. The molecule has 0 unspecified atom stereocenters. The summed E-state index contributed by atoms with van der Waals surface area (Å²) < 4.78 is 10.5. The van der Waals surface area contributed by atoms with E-state index < -0.39 is 11.9 Å². The maximum atomic E-state index is 12.1. The van der Waals surface area contributed by atoms with Crippen LogP contribution in [0, 0.1) is 0 Å². The number of esters is 1. The summed E-state index contributed by atoms with van der Waals surface area (Å²) in [6.45, 7) is 0.245. The van der Waals surface area contributed by atoms with Crippen LogP contribution in [0.1, 0.15) is 10.4 Å². The van der Waals surface area contributed by atoms with Gasteiger partial charge in [-0.1, -0.05) is 29.8 Å². The van der Waals surface area contributed by atoms with Crippen molar-refractivity contribution in [3.8, 4) is 5.75 Å². The van der Waals surface area contributed by atoms with Crippen LogP contribution in [-0.2, 0) is 9.53 Å². The standard InChI is InChI=1S/C19H17ClN2O4/c20-13-5-7-14(8-6-13)25-10-9-21-18(23)12-26-19(24)16-11-22-17-4-2-1-3-15(16)17/h1-8,11,22H,9-10,12H2,(H,21,23). The number of amides is 1. The number of hydrogen-bond donors (Lipinski definition) is 2. The Balaban J connectivity index is 1.39. The van der Waals surface area contributed by atoms with Crippen LogP contribution in [0.25, 0.3) is 10.9 Å². The van der Waals surface area contributed by atoms with E-state index in [4.69, 9.17) is 21.1 Å². The van der Waals surface area contributed by atoms with Gasteiger partial charge < -0.3 is 19.8 Å². The predicted octanol–water partition coefficient (Wildman–Crippen LogP) is 3.17. The summed E-state index contributed by atoms with van der Waals surface area (Å²) in [5.74, 6) is -0.276. The zero-order valence-electron chi connectivity index (χ0n) is 13.8. The Kier molecular flexibility index (Phi) is 5.76. The van der Waals surface area contributed by atoms with Gasteiger partial charge in [-0.3, -0.25) is 4.79 Å². The van der Waals surface area contributed by atoms with Crippen LogP contribution in [0.5, 0.6) is 5.75 Å². The monoisotopic (exact) mass is 372 g/mol. The normalized spacial score (nSPS) is 10.5. The molecule has 0 bridgehead atoms. The molecule has 6 nitrogen and oxygen atoms in total. The van der Waals surface area contributed by atoms with Gasteiger partial charge in [-0.2, -0.15) is 0 Å². The summed E-state index contributed by atoms with van der Waals surface area (Å²) in [5.41, 5.74) is 1.24. The number of halogens is 1. The van der Waals surface area contributed by atoms with Gasteiger partial charge in [0.1, 0.15) is 12.4 Å². The first-order valence-corrected chi connectivity index (χ1v) is 8.39. The molecule has 3 rings (SSSR count). The number of aromatic nitrogens is 1. The number of para-hydroxylation sites is 1. The third-order valence-corrected chi connectivity index (χ3v) is 3.90. The molecule has 0 saturated heterocycles. The molecule has 0 fully saturated rings. The van der Waals surface area contributed by atoms with Gasteiger partial charge in [-0.25, -0.2) is 4.79 Å². The Labute approximate surface area is 155 Å². The summed E-state index contributed by atoms with van der Waals surface area (Å²) >= 11 is 5.79. The number of rotatable bonds is 7. The second kappa shape index (κ2) is 8.40. The van der Waals surface area contributed by atoms with Crippen molar-refractivity contribution in [3.63, 3.8) is 0 Å². The molecule has 1 aromatic heterocycles. The molecule has 0 radical (unpaired) electrons. The van der Waals surface area contributed by atoms with Crippen molar-refractivity contribution < 1.29 is 19.1 Å². The van der Waals surface area contributed by atoms with Gasteiger partial charge in [0, 0.05) is 22.1 Å². The first-order valence-electron chi connectivity index (χ1n) is 8.02. The van der Waals surface area contributed by atoms with E-state index in [0.717, 1.165) is 10.9 Å². The predicted molar refractivity (Wildman–Crippen MR) is 98.5 cm³/mol. The zero-order chi connectivity index (χ0) is 18.4. The van der Waals surface area contributed by atoms with Gasteiger partial charge in [0.15, 0.2) is 6.61 Å². The lowest BCUT2D eigenvalue weighted by atomic mass is 10.2. The van der Waals surface area contributed by atoms with E-state index in [0.29, 0.717) is 29.5 Å². The molecule has 26 heavy (non-hydrogen) atoms. The molecule has 3 aromatic rings. The van der Waals surface area contributed by atoms with Crippen LogP contribution >= 0.6 is 11.6 Å². The number of ether oxygens (including phenoxy) is 2. The molecule has 0 aliphatic heterocycles. The quantitative estimate of drug-likeness (QED) is 0.493. The first kappa shape index (κ1) is 17.8. The summed E-state index contributed by atoms with van der Waals surface area (Å²) in [7, 11) is 0. The van der Waals surface area contributed by atoms with Crippen LogP contribution in [0.3, 0.4) is 0 Å². The molecule has 1 amide bonds. The fraction of sp³-hybridized carbons (Fsp3) is 0.158. The van der Waals surface area contributed by atoms with Gasteiger partial charge in [-0.15, -0.1) is 0 Å². The van der Waals surface area contributed by atoms with Crippen molar-refractivity contribution >= 4 is 34.4 Å². The van der Waals surface area contributed by atoms with Gasteiger partial charge in [0.05, 0.1) is 12.1 Å². The van der Waals surface area contributed by atoms with E-state index in [-0.39, 0.29) is 6.61 Å². The van der Waals surface area contributed by atoms with E-state index in [1.807, 2.05) is 24.3 Å². The highest BCUT2D eigenvalue weighted by atomic mass is 35.5. The molecule has 0 spiro atoms. The van der Waals surface area contributed by atoms with Gasteiger partial charge >= 0.3 is 5.97 Å². The molecule has 1 heterocycles. The Morgan fingerprint density at radius 1 is 1.08 bits per heavy atom. The molecular weight excluding hydrogens is 356 g/mol. The minimum Gasteiger partial charge on any atom is -0.492 e. The van der Waals surface area contributed by atoms with Crippen LogP contribution in [-0.4, -0.2) is 36.6 Å². The summed E-state index contributed by atoms with van der Waals surface area (Å²) in [4.78, 5) is 26.9. The Morgan fingerprint density at radius 2 is 1.85 bits per heavy atom. The molecule has 134 valence electrons. The number of carbonyl (C=O) groups is 2. The number of benzene rings is 2. The lowest BCUT2D eigenvalue weighted by molar-refractivity contribution is -0.124. The van der Waals surface area contributed by atoms with Gasteiger partial charge in [0.25, 0.3) is 5.91 Å². The van der Waals surface area contributed by atoms with Crippen LogP contribution in [0.4, 0.5) is 0 Å². The number of fused-ring (bicyclic) bond motifs is 1. The van der Waals surface area contributed by atoms with E-state index >= 15 is 0 Å². The molecule has 2 N–H and O–H groups in total. The second-order valence-electron chi connectivity index (χ2n) is 5.48. The number of aromatic amines is 1. The van der Waals surface area contributed by atoms with Crippen LogP contribution in [0.2, 0.25) is 5.02 Å². The lowest BCUT2D eigenvalue weighted by Crippen LogP contribution is -2.32. The van der Waals surface area contributed by atoms with Crippen LogP contribution < -0.4 is 10.1 Å². The van der Waals surface area contributed by atoms with Crippen LogP contribution in [0.15, 0.2) is 54.7 Å². The topological polar surface area (TPSA) is 80.4 Å². The Bertz CT molecular complexity index is 905. The van der Waals surface area contributed by atoms with Gasteiger partial charge in [0.2, 0.25) is 0 Å². The average molecular weight is 373 g/mol. The molecule has 2 aromatic carbocycles. The maximum absolute atomic E-state index is 12.1. The number of nitrogens with one attached hydrogen (secondary N) is 2. The fourth-order valence-corrected chi connectivity index (χ4v) is 2.52. The van der Waals surface area contributed by atoms with Crippen molar-refractivity contribution in [1.82, 2.24) is 10.3 Å². The number of hydrogen-bond acceptors (Lipinski definition) is 4. The third kappa shape index (κ3) is 4.55. The van der Waals surface area contributed by atoms with Crippen molar-refractivity contribution in [2.45, 2.75) is 0 Å². The van der Waals surface area contributed by atoms with E-state index in [1.54, 1.807) is 30.5 Å². The van der Waals surface area contributed by atoms with E-state index in [1.165, 1.54) is 0 Å². The highest BCUT2D eigenvalue weighted by molar-refractivity contribution is 6.30. The highest BCUT2D eigenvalue weighted by Crippen LogP contribution is 2.18.